The second-order valence-corrected chi connectivity index (χ2v) is 12.5. The van der Waals surface area contributed by atoms with Crippen LogP contribution in [0.5, 0.6) is 5.88 Å². The summed E-state index contributed by atoms with van der Waals surface area (Å²) in [5.41, 5.74) is 6.08. The molecule has 2 aliphatic heterocycles. The normalized spacial score (nSPS) is 18.8. The maximum Gasteiger partial charge on any atom is 0.255 e. The average molecular weight is 562 g/mol. The van der Waals surface area contributed by atoms with Crippen LogP contribution in [-0.2, 0) is 29.0 Å². The molecule has 2 fully saturated rings. The Balaban J connectivity index is 1.18. The third-order valence-electron chi connectivity index (χ3n) is 8.71. The van der Waals surface area contributed by atoms with Gasteiger partial charge < -0.3 is 24.0 Å². The van der Waals surface area contributed by atoms with Gasteiger partial charge in [-0.25, -0.2) is 4.98 Å². The first-order valence-electron chi connectivity index (χ1n) is 14.4. The molecule has 8 heteroatoms. The number of amides is 1. The van der Waals surface area contributed by atoms with Crippen LogP contribution < -0.4 is 9.64 Å². The number of thiophene rings is 1. The van der Waals surface area contributed by atoms with E-state index in [4.69, 9.17) is 19.2 Å². The fraction of sp³-hybridized carbons (Fsp3) is 0.500. The molecule has 0 atom stereocenters. The van der Waals surface area contributed by atoms with Gasteiger partial charge in [-0.1, -0.05) is 30.3 Å². The molecule has 40 heavy (non-hydrogen) atoms. The monoisotopic (exact) mass is 561 g/mol. The molecule has 0 bridgehead atoms. The summed E-state index contributed by atoms with van der Waals surface area (Å²) >= 11 is 1.79. The molecule has 1 aliphatic carbocycles. The lowest BCUT2D eigenvalue weighted by Gasteiger charge is -2.39. The van der Waals surface area contributed by atoms with Crippen molar-refractivity contribution >= 4 is 22.2 Å². The summed E-state index contributed by atoms with van der Waals surface area (Å²) in [6.45, 7) is 9.22. The van der Waals surface area contributed by atoms with E-state index >= 15 is 0 Å². The smallest absolute Gasteiger partial charge is 0.255 e. The zero-order chi connectivity index (χ0) is 27.9. The molecular formula is C32H39N3O4S. The van der Waals surface area contributed by atoms with Gasteiger partial charge in [-0.15, -0.1) is 11.3 Å². The van der Waals surface area contributed by atoms with E-state index in [0.717, 1.165) is 65.6 Å². The van der Waals surface area contributed by atoms with E-state index in [9.17, 15) is 4.79 Å². The lowest BCUT2D eigenvalue weighted by atomic mass is 9.89. The molecule has 1 saturated heterocycles. The highest BCUT2D eigenvalue weighted by atomic mass is 32.1. The Hall–Kier alpha value is -2.94. The van der Waals surface area contributed by atoms with Crippen molar-refractivity contribution in [1.29, 1.82) is 0 Å². The average Bonchev–Trinajstić information content (AvgIpc) is 3.55. The number of carbonyl (C=O) groups excluding carboxylic acids is 1. The minimum Gasteiger partial charge on any atom is -0.473 e. The van der Waals surface area contributed by atoms with Gasteiger partial charge in [-0.2, -0.15) is 0 Å². The number of aromatic nitrogens is 1. The van der Waals surface area contributed by atoms with E-state index < -0.39 is 0 Å². The Morgan fingerprint density at radius 2 is 1.85 bits per heavy atom. The standard InChI is InChI=1S/C32H39N3O4S/c1-21-18-22(2)33-29(37-20-24-8-6-5-7-9-24)26(21)19-35-15-12-27-28(30(35)36)23(3)31(40-27)34(4)25-10-13-32(14-11-25)38-16-17-39-32/h5-9,18,25H,10-17,19-20H2,1-4H3. The number of anilines is 1. The molecule has 4 heterocycles. The molecule has 2 aromatic heterocycles. The third-order valence-corrected chi connectivity index (χ3v) is 10.1. The lowest BCUT2D eigenvalue weighted by molar-refractivity contribution is -0.178. The predicted molar refractivity (Wildman–Crippen MR) is 157 cm³/mol. The molecule has 0 unspecified atom stereocenters. The summed E-state index contributed by atoms with van der Waals surface area (Å²) in [5.74, 6) is 0.371. The summed E-state index contributed by atoms with van der Waals surface area (Å²) in [7, 11) is 2.18. The highest BCUT2D eigenvalue weighted by Crippen LogP contribution is 2.43. The van der Waals surface area contributed by atoms with E-state index in [1.165, 1.54) is 9.88 Å². The zero-order valence-corrected chi connectivity index (χ0v) is 24.8. The van der Waals surface area contributed by atoms with Crippen molar-refractivity contribution in [3.05, 3.63) is 74.8 Å². The molecule has 3 aromatic rings. The maximum atomic E-state index is 13.9. The summed E-state index contributed by atoms with van der Waals surface area (Å²) in [4.78, 5) is 24.2. The van der Waals surface area contributed by atoms with Gasteiger partial charge in [0, 0.05) is 55.0 Å². The third kappa shape index (κ3) is 5.24. The zero-order valence-electron chi connectivity index (χ0n) is 24.0. The number of carbonyl (C=O) groups is 1. The molecule has 0 radical (unpaired) electrons. The van der Waals surface area contributed by atoms with Crippen molar-refractivity contribution in [2.24, 2.45) is 0 Å². The van der Waals surface area contributed by atoms with E-state index in [1.54, 1.807) is 11.3 Å². The summed E-state index contributed by atoms with van der Waals surface area (Å²) in [6, 6.07) is 12.6. The van der Waals surface area contributed by atoms with Crippen LogP contribution in [0, 0.1) is 20.8 Å². The number of benzene rings is 1. The first kappa shape index (κ1) is 27.2. The molecule has 3 aliphatic rings. The van der Waals surface area contributed by atoms with Crippen LogP contribution in [0.1, 0.15) is 68.9 Å². The van der Waals surface area contributed by atoms with E-state index in [1.807, 2.05) is 42.2 Å². The highest BCUT2D eigenvalue weighted by Gasteiger charge is 2.42. The van der Waals surface area contributed by atoms with Crippen LogP contribution in [0.25, 0.3) is 0 Å². The molecule has 1 aromatic carbocycles. The second-order valence-electron chi connectivity index (χ2n) is 11.4. The molecule has 1 amide bonds. The van der Waals surface area contributed by atoms with E-state index in [0.29, 0.717) is 44.8 Å². The Bertz CT molecular complexity index is 1370. The minimum absolute atomic E-state index is 0.110. The predicted octanol–water partition coefficient (Wildman–Crippen LogP) is 5.97. The number of aryl methyl sites for hydroxylation is 2. The Kier molecular flexibility index (Phi) is 7.59. The molecular weight excluding hydrogens is 522 g/mol. The number of fused-ring (bicyclic) bond motifs is 1. The van der Waals surface area contributed by atoms with Crippen molar-refractivity contribution in [2.45, 2.75) is 77.9 Å². The van der Waals surface area contributed by atoms with Crippen molar-refractivity contribution in [1.82, 2.24) is 9.88 Å². The van der Waals surface area contributed by atoms with Gasteiger partial charge in [0.2, 0.25) is 5.88 Å². The fourth-order valence-electron chi connectivity index (χ4n) is 6.44. The van der Waals surface area contributed by atoms with Crippen molar-refractivity contribution in [2.75, 3.05) is 31.7 Å². The van der Waals surface area contributed by atoms with Gasteiger partial charge >= 0.3 is 0 Å². The molecule has 1 saturated carbocycles. The van der Waals surface area contributed by atoms with Gasteiger partial charge in [-0.05, 0) is 56.4 Å². The van der Waals surface area contributed by atoms with Crippen LogP contribution in [0.2, 0.25) is 0 Å². The van der Waals surface area contributed by atoms with Crippen LogP contribution in [0.15, 0.2) is 36.4 Å². The number of nitrogens with zero attached hydrogens (tertiary/aromatic N) is 3. The number of hydrogen-bond donors (Lipinski definition) is 0. The van der Waals surface area contributed by atoms with Gasteiger partial charge in [0.25, 0.3) is 5.91 Å². The van der Waals surface area contributed by atoms with Gasteiger partial charge in [0.15, 0.2) is 5.79 Å². The minimum atomic E-state index is -0.357. The van der Waals surface area contributed by atoms with Crippen molar-refractivity contribution in [3.63, 3.8) is 0 Å². The van der Waals surface area contributed by atoms with Crippen LogP contribution >= 0.6 is 11.3 Å². The van der Waals surface area contributed by atoms with Crippen LogP contribution in [0.4, 0.5) is 5.00 Å². The van der Waals surface area contributed by atoms with E-state index in [2.05, 4.69) is 31.9 Å². The molecule has 0 N–H and O–H groups in total. The second kappa shape index (κ2) is 11.1. The largest absolute Gasteiger partial charge is 0.473 e. The van der Waals surface area contributed by atoms with Crippen LogP contribution in [-0.4, -0.2) is 54.4 Å². The first-order chi connectivity index (χ1) is 19.3. The maximum absolute atomic E-state index is 13.9. The summed E-state index contributed by atoms with van der Waals surface area (Å²) in [5, 5.41) is 1.22. The number of rotatable bonds is 7. The number of ether oxygens (including phenoxy) is 3. The fourth-order valence-corrected chi connectivity index (χ4v) is 7.76. The highest BCUT2D eigenvalue weighted by molar-refractivity contribution is 7.16. The molecule has 6 rings (SSSR count). The molecule has 7 nitrogen and oxygen atoms in total. The number of pyridine rings is 1. The Labute approximate surface area is 241 Å². The summed E-state index contributed by atoms with van der Waals surface area (Å²) in [6.07, 6.45) is 4.79. The quantitative estimate of drug-likeness (QED) is 0.354. The number of hydrogen-bond acceptors (Lipinski definition) is 7. The lowest BCUT2D eigenvalue weighted by Crippen LogP contribution is -2.42. The molecule has 1 spiro atoms. The van der Waals surface area contributed by atoms with Crippen molar-refractivity contribution < 1.29 is 19.0 Å². The van der Waals surface area contributed by atoms with E-state index in [-0.39, 0.29) is 11.7 Å². The Morgan fingerprint density at radius 1 is 1.12 bits per heavy atom. The van der Waals surface area contributed by atoms with Gasteiger partial charge in [-0.3, -0.25) is 4.79 Å². The Morgan fingerprint density at radius 3 is 2.58 bits per heavy atom. The molecule has 212 valence electrons. The summed E-state index contributed by atoms with van der Waals surface area (Å²) < 4.78 is 18.1. The topological polar surface area (TPSA) is 64.1 Å². The van der Waals surface area contributed by atoms with Gasteiger partial charge in [0.05, 0.1) is 30.3 Å². The van der Waals surface area contributed by atoms with Crippen molar-refractivity contribution in [3.8, 4) is 5.88 Å². The van der Waals surface area contributed by atoms with Crippen LogP contribution in [0.3, 0.4) is 0 Å². The first-order valence-corrected chi connectivity index (χ1v) is 15.2. The van der Waals surface area contributed by atoms with Gasteiger partial charge in [0.1, 0.15) is 6.61 Å². The SMILES string of the molecule is Cc1cc(C)c(CN2CCc3sc(N(C)C4CCC5(CC4)OCCO5)c(C)c3C2=O)c(OCc2ccccc2)n1.